The van der Waals surface area contributed by atoms with E-state index in [-0.39, 0.29) is 25.5 Å². The molecule has 0 aliphatic carbocycles. The molecule has 0 saturated heterocycles. The Bertz CT molecular complexity index is 105. The molecule has 3 nitrogen and oxygen atoms in total. The van der Waals surface area contributed by atoms with Gasteiger partial charge in [0.2, 0.25) is 20.2 Å². The first-order valence-electron chi connectivity index (χ1n) is 4.48. The molecule has 0 amide bonds. The highest BCUT2D eigenvalue weighted by Gasteiger charge is 2.06. The number of aliphatic hydroxyl groups excluding tert-OH is 1. The second kappa shape index (κ2) is 10.6. The van der Waals surface area contributed by atoms with Gasteiger partial charge >= 0.3 is 10.0 Å². The van der Waals surface area contributed by atoms with Crippen LogP contribution in [0.5, 0.6) is 0 Å². The topological polar surface area (TPSA) is 38.7 Å². The van der Waals surface area contributed by atoms with Crippen LogP contribution in [-0.4, -0.2) is 41.1 Å². The normalized spacial score (nSPS) is 13.2. The predicted molar refractivity (Wildman–Crippen MR) is 54.2 cm³/mol. The van der Waals surface area contributed by atoms with Crippen molar-refractivity contribution in [3.8, 4) is 0 Å². The molecule has 0 bridgehead atoms. The molecule has 1 atom stereocenters. The lowest BCUT2D eigenvalue weighted by atomic mass is 10.2. The van der Waals surface area contributed by atoms with E-state index in [0.29, 0.717) is 0 Å². The van der Waals surface area contributed by atoms with Crippen LogP contribution >= 0.6 is 0 Å². The molecule has 0 fully saturated rings. The van der Waals surface area contributed by atoms with E-state index in [1.807, 2.05) is 0 Å². The van der Waals surface area contributed by atoms with Gasteiger partial charge in [0.15, 0.2) is 0 Å². The van der Waals surface area contributed by atoms with Gasteiger partial charge in [-0.05, 0) is 6.42 Å². The maximum absolute atomic E-state index is 9.40. The van der Waals surface area contributed by atoms with Crippen LogP contribution in [0, 0.1) is 0 Å². The van der Waals surface area contributed by atoms with Crippen molar-refractivity contribution in [1.82, 2.24) is 0 Å². The minimum absolute atomic E-state index is 0.0210. The third kappa shape index (κ3) is 10.5. The summed E-state index contributed by atoms with van der Waals surface area (Å²) < 4.78 is 9.58. The van der Waals surface area contributed by atoms with Crippen LogP contribution in [0.1, 0.15) is 39.0 Å². The number of rotatable bonds is 9. The van der Waals surface area contributed by atoms with Gasteiger partial charge in [-0.1, -0.05) is 32.6 Å². The Kier molecular flexibility index (Phi) is 11.0. The summed E-state index contributed by atoms with van der Waals surface area (Å²) in [7, 11) is 2.94. The van der Waals surface area contributed by atoms with Crippen LogP contribution < -0.4 is 0 Å². The third-order valence-electron chi connectivity index (χ3n) is 1.61. The largest absolute Gasteiger partial charge is 0.435 e. The Morgan fingerprint density at radius 2 is 2.15 bits per heavy atom. The minimum Gasteiger partial charge on any atom is -0.435 e. The first-order valence-corrected chi connectivity index (χ1v) is 6.69. The van der Waals surface area contributed by atoms with Gasteiger partial charge in [-0.15, -0.1) is 0 Å². The molecular formula is C7H15O3Si3. The number of aliphatic hydroxyl groups is 1. The van der Waals surface area contributed by atoms with Crippen LogP contribution in [0.25, 0.3) is 0 Å². The SMILES string of the molecule is CCCCCCC(O)[Si]O[Si]O[Si]. The highest BCUT2D eigenvalue weighted by atomic mass is 28.3. The van der Waals surface area contributed by atoms with E-state index >= 15 is 0 Å². The summed E-state index contributed by atoms with van der Waals surface area (Å²) in [6.07, 6.45) is 5.61. The summed E-state index contributed by atoms with van der Waals surface area (Å²) in [5.41, 5.74) is -0.314. The average Bonchev–Trinajstić information content (AvgIpc) is 2.13. The van der Waals surface area contributed by atoms with Crippen molar-refractivity contribution in [2.45, 2.75) is 44.8 Å². The van der Waals surface area contributed by atoms with Crippen molar-refractivity contribution in [3.05, 3.63) is 0 Å². The molecule has 0 heterocycles. The quantitative estimate of drug-likeness (QED) is 0.465. The van der Waals surface area contributed by atoms with Crippen molar-refractivity contribution in [1.29, 1.82) is 0 Å². The fourth-order valence-corrected chi connectivity index (χ4v) is 2.54. The van der Waals surface area contributed by atoms with E-state index in [9.17, 15) is 5.11 Å². The monoisotopic (exact) mass is 231 g/mol. The van der Waals surface area contributed by atoms with Gasteiger partial charge in [-0.25, -0.2) is 0 Å². The van der Waals surface area contributed by atoms with Gasteiger partial charge in [-0.2, -0.15) is 0 Å². The molecule has 6 heteroatoms. The fourth-order valence-electron chi connectivity index (χ4n) is 0.936. The maximum atomic E-state index is 9.40. The smallest absolute Gasteiger partial charge is 0.409 e. The van der Waals surface area contributed by atoms with Gasteiger partial charge in [0.05, 0.1) is 5.73 Å². The van der Waals surface area contributed by atoms with Gasteiger partial charge in [-0.3, -0.25) is 0 Å². The van der Waals surface area contributed by atoms with E-state index in [0.717, 1.165) is 12.8 Å². The van der Waals surface area contributed by atoms with Gasteiger partial charge in [0.1, 0.15) is 0 Å². The Labute approximate surface area is 88.8 Å². The summed E-state index contributed by atoms with van der Waals surface area (Å²) in [5, 5.41) is 9.40. The van der Waals surface area contributed by atoms with Crippen molar-refractivity contribution in [3.63, 3.8) is 0 Å². The Hall–Kier alpha value is 0.531. The molecule has 73 valence electrons. The zero-order valence-corrected chi connectivity index (χ0v) is 10.9. The fraction of sp³-hybridized carbons (Fsp3) is 1.00. The lowest BCUT2D eigenvalue weighted by Gasteiger charge is -2.07. The summed E-state index contributed by atoms with van der Waals surface area (Å²) in [4.78, 5) is 0. The molecule has 0 saturated carbocycles. The standard InChI is InChI=1S/C7H15O3Si3/c1-2-3-4-5-6-7(8)12-10-13-9-11/h7-8H,2-6H2,1H3. The van der Waals surface area contributed by atoms with Crippen molar-refractivity contribution >= 4 is 30.3 Å². The number of unbranched alkanes of at least 4 members (excludes halogenated alkanes) is 3. The van der Waals surface area contributed by atoms with Gasteiger partial charge in [0, 0.05) is 0 Å². The highest BCUT2D eigenvalue weighted by molar-refractivity contribution is 6.42. The van der Waals surface area contributed by atoms with Crippen LogP contribution in [-0.2, 0) is 8.23 Å². The molecule has 0 aliphatic heterocycles. The Morgan fingerprint density at radius 1 is 1.38 bits per heavy atom. The highest BCUT2D eigenvalue weighted by Crippen LogP contribution is 2.04. The second-order valence-electron chi connectivity index (χ2n) is 2.77. The third-order valence-corrected chi connectivity index (χ3v) is 3.31. The van der Waals surface area contributed by atoms with E-state index in [4.69, 9.17) is 4.12 Å². The average molecular weight is 231 g/mol. The van der Waals surface area contributed by atoms with Crippen molar-refractivity contribution in [2.24, 2.45) is 0 Å². The zero-order valence-electron chi connectivity index (χ0n) is 7.88. The van der Waals surface area contributed by atoms with E-state index in [2.05, 4.69) is 21.5 Å². The summed E-state index contributed by atoms with van der Waals surface area (Å²) in [5.74, 6) is 0. The molecule has 7 radical (unpaired) electrons. The molecule has 0 spiro atoms. The molecule has 0 rings (SSSR count). The molecule has 0 aromatic carbocycles. The summed E-state index contributed by atoms with van der Waals surface area (Å²) >= 11 is 0. The maximum Gasteiger partial charge on any atom is 0.409 e. The van der Waals surface area contributed by atoms with E-state index in [1.54, 1.807) is 0 Å². The zero-order chi connectivity index (χ0) is 9.94. The molecule has 0 aromatic rings. The van der Waals surface area contributed by atoms with Crippen molar-refractivity contribution in [2.75, 3.05) is 0 Å². The van der Waals surface area contributed by atoms with Gasteiger partial charge in [0.25, 0.3) is 0 Å². The van der Waals surface area contributed by atoms with Crippen molar-refractivity contribution < 1.29 is 13.3 Å². The van der Waals surface area contributed by atoms with Crippen LogP contribution in [0.3, 0.4) is 0 Å². The first-order chi connectivity index (χ1) is 6.31. The molecule has 0 aliphatic rings. The van der Waals surface area contributed by atoms with Crippen LogP contribution in [0.4, 0.5) is 0 Å². The molecule has 13 heavy (non-hydrogen) atoms. The molecule has 0 aromatic heterocycles. The molecule has 1 unspecified atom stereocenters. The minimum atomic E-state index is -0.314. The first kappa shape index (κ1) is 13.5. The summed E-state index contributed by atoms with van der Waals surface area (Å²) in [6.45, 7) is 2.18. The summed E-state index contributed by atoms with van der Waals surface area (Å²) in [6, 6.07) is 0. The predicted octanol–water partition coefficient (Wildman–Crippen LogP) is 0.545. The number of hydrogen-bond donors (Lipinski definition) is 1. The van der Waals surface area contributed by atoms with Crippen LogP contribution in [0.2, 0.25) is 0 Å². The van der Waals surface area contributed by atoms with Gasteiger partial charge < -0.3 is 13.3 Å². The second-order valence-corrected chi connectivity index (χ2v) is 5.47. The Balaban J connectivity index is 3.05. The Morgan fingerprint density at radius 3 is 2.77 bits per heavy atom. The lowest BCUT2D eigenvalue weighted by molar-refractivity contribution is 0.223. The van der Waals surface area contributed by atoms with E-state index < -0.39 is 0 Å². The molecule has 1 N–H and O–H groups in total. The van der Waals surface area contributed by atoms with Crippen LogP contribution in [0.15, 0.2) is 0 Å². The van der Waals surface area contributed by atoms with E-state index in [1.165, 1.54) is 19.3 Å². The molecular weight excluding hydrogens is 216 g/mol. The lowest BCUT2D eigenvalue weighted by Crippen LogP contribution is -2.21. The number of hydrogen-bond acceptors (Lipinski definition) is 3.